The van der Waals surface area contributed by atoms with Crippen LogP contribution in [0.5, 0.6) is 5.75 Å². The van der Waals surface area contributed by atoms with E-state index in [1.165, 1.54) is 5.56 Å². The maximum atomic E-state index is 10.5. The van der Waals surface area contributed by atoms with Gasteiger partial charge in [0.25, 0.3) is 0 Å². The van der Waals surface area contributed by atoms with Gasteiger partial charge in [0.05, 0.1) is 13.2 Å². The van der Waals surface area contributed by atoms with Crippen molar-refractivity contribution < 1.29 is 29.9 Å². The van der Waals surface area contributed by atoms with E-state index in [0.717, 1.165) is 29.7 Å². The molecule has 2 aromatic rings. The van der Waals surface area contributed by atoms with Gasteiger partial charge in [-0.25, -0.2) is 0 Å². The van der Waals surface area contributed by atoms with Gasteiger partial charge >= 0.3 is 0 Å². The number of hydrogen-bond donors (Lipinski definition) is 4. The Hall–Kier alpha value is -1.96. The van der Waals surface area contributed by atoms with Crippen molar-refractivity contribution >= 4 is 0 Å². The SMILES string of the molecule is CCOc1ccc(C2(c3cccc(C4OC(CO)C(O)C(O)C4O)c3)CC2)cc1. The summed E-state index contributed by atoms with van der Waals surface area (Å²) in [5.41, 5.74) is 2.98. The maximum Gasteiger partial charge on any atom is 0.119 e. The molecule has 2 aromatic carbocycles. The first kappa shape index (κ1) is 20.3. The zero-order valence-electron chi connectivity index (χ0n) is 16.4. The Labute approximate surface area is 170 Å². The third kappa shape index (κ3) is 3.67. The highest BCUT2D eigenvalue weighted by molar-refractivity contribution is 5.47. The zero-order valence-corrected chi connectivity index (χ0v) is 16.4. The predicted octanol–water partition coefficient (Wildman–Crippen LogP) is 1.68. The Bertz CT molecular complexity index is 830. The molecule has 6 heteroatoms. The quantitative estimate of drug-likeness (QED) is 0.589. The van der Waals surface area contributed by atoms with E-state index in [1.54, 1.807) is 0 Å². The van der Waals surface area contributed by atoms with Crippen LogP contribution in [0.15, 0.2) is 48.5 Å². The van der Waals surface area contributed by atoms with Crippen molar-refractivity contribution in [2.45, 2.75) is 55.7 Å². The lowest BCUT2D eigenvalue weighted by molar-refractivity contribution is -0.231. The van der Waals surface area contributed by atoms with Crippen LogP contribution in [0.3, 0.4) is 0 Å². The third-order valence-corrected chi connectivity index (χ3v) is 6.13. The lowest BCUT2D eigenvalue weighted by Gasteiger charge is -2.40. The summed E-state index contributed by atoms with van der Waals surface area (Å²) in [5, 5.41) is 40.0. The Balaban J connectivity index is 1.62. The van der Waals surface area contributed by atoms with Crippen LogP contribution in [0, 0.1) is 0 Å². The molecule has 0 amide bonds. The molecule has 4 rings (SSSR count). The molecule has 29 heavy (non-hydrogen) atoms. The second kappa shape index (κ2) is 8.05. The van der Waals surface area contributed by atoms with Gasteiger partial charge in [-0.05, 0) is 48.6 Å². The summed E-state index contributed by atoms with van der Waals surface area (Å²) in [4.78, 5) is 0. The molecule has 0 aromatic heterocycles. The van der Waals surface area contributed by atoms with Gasteiger partial charge in [0.15, 0.2) is 0 Å². The van der Waals surface area contributed by atoms with Gasteiger partial charge in [-0.1, -0.05) is 36.4 Å². The highest BCUT2D eigenvalue weighted by atomic mass is 16.5. The summed E-state index contributed by atoms with van der Waals surface area (Å²) in [6.07, 6.45) is -3.69. The molecule has 5 unspecified atom stereocenters. The summed E-state index contributed by atoms with van der Waals surface area (Å²) in [6.45, 7) is 2.16. The molecule has 1 aliphatic heterocycles. The van der Waals surface area contributed by atoms with Gasteiger partial charge in [0, 0.05) is 5.41 Å². The van der Waals surface area contributed by atoms with Crippen LogP contribution >= 0.6 is 0 Å². The summed E-state index contributed by atoms with van der Waals surface area (Å²) in [5.74, 6) is 0.849. The molecule has 5 atom stereocenters. The molecule has 2 fully saturated rings. The van der Waals surface area contributed by atoms with Crippen molar-refractivity contribution in [3.63, 3.8) is 0 Å². The molecule has 1 saturated heterocycles. The molecular formula is C23H28O6. The molecule has 1 heterocycles. The van der Waals surface area contributed by atoms with E-state index in [-0.39, 0.29) is 5.41 Å². The van der Waals surface area contributed by atoms with Crippen LogP contribution in [0.1, 0.15) is 42.6 Å². The highest BCUT2D eigenvalue weighted by Gasteiger charge is 2.47. The lowest BCUT2D eigenvalue weighted by Crippen LogP contribution is -2.55. The van der Waals surface area contributed by atoms with E-state index in [9.17, 15) is 20.4 Å². The fourth-order valence-electron chi connectivity index (χ4n) is 4.30. The molecule has 6 nitrogen and oxygen atoms in total. The first-order valence-electron chi connectivity index (χ1n) is 10.1. The zero-order chi connectivity index (χ0) is 20.6. The fourth-order valence-corrected chi connectivity index (χ4v) is 4.30. The van der Waals surface area contributed by atoms with Crippen LogP contribution in [-0.2, 0) is 10.2 Å². The highest BCUT2D eigenvalue weighted by Crippen LogP contribution is 2.54. The summed E-state index contributed by atoms with van der Waals surface area (Å²) in [6, 6.07) is 16.0. The predicted molar refractivity (Wildman–Crippen MR) is 107 cm³/mol. The normalized spacial score (nSPS) is 30.7. The van der Waals surface area contributed by atoms with E-state index >= 15 is 0 Å². The Morgan fingerprint density at radius 1 is 0.966 bits per heavy atom. The smallest absolute Gasteiger partial charge is 0.119 e. The van der Waals surface area contributed by atoms with Gasteiger partial charge in [-0.15, -0.1) is 0 Å². The standard InChI is InChI=1S/C23H28O6/c1-2-28-17-8-6-15(7-9-17)23(10-11-23)16-5-3-4-14(12-16)22-21(27)20(26)19(25)18(13-24)29-22/h3-9,12,18-22,24-27H,2,10-11,13H2,1H3. The van der Waals surface area contributed by atoms with Crippen molar-refractivity contribution in [1.82, 2.24) is 0 Å². The van der Waals surface area contributed by atoms with Crippen molar-refractivity contribution in [2.75, 3.05) is 13.2 Å². The summed E-state index contributed by atoms with van der Waals surface area (Å²) in [7, 11) is 0. The molecule has 0 spiro atoms. The van der Waals surface area contributed by atoms with Crippen molar-refractivity contribution in [2.24, 2.45) is 0 Å². The number of benzene rings is 2. The van der Waals surface area contributed by atoms with E-state index in [1.807, 2.05) is 37.3 Å². The van der Waals surface area contributed by atoms with E-state index < -0.39 is 37.1 Å². The van der Waals surface area contributed by atoms with Crippen LogP contribution in [0.25, 0.3) is 0 Å². The molecule has 0 bridgehead atoms. The molecular weight excluding hydrogens is 372 g/mol. The van der Waals surface area contributed by atoms with Crippen molar-refractivity contribution in [3.8, 4) is 5.75 Å². The molecule has 4 N–H and O–H groups in total. The fraction of sp³-hybridized carbons (Fsp3) is 0.478. The van der Waals surface area contributed by atoms with Crippen LogP contribution < -0.4 is 4.74 Å². The number of aliphatic hydroxyl groups is 4. The largest absolute Gasteiger partial charge is 0.494 e. The average molecular weight is 400 g/mol. The van der Waals surface area contributed by atoms with Gasteiger partial charge < -0.3 is 29.9 Å². The Kier molecular flexibility index (Phi) is 5.64. The summed E-state index contributed by atoms with van der Waals surface area (Å²) < 4.78 is 11.3. The maximum absolute atomic E-state index is 10.5. The second-order valence-corrected chi connectivity index (χ2v) is 7.91. The van der Waals surface area contributed by atoms with Crippen LogP contribution in [0.2, 0.25) is 0 Å². The molecule has 2 aliphatic rings. The van der Waals surface area contributed by atoms with E-state index in [0.29, 0.717) is 6.61 Å². The molecule has 1 saturated carbocycles. The van der Waals surface area contributed by atoms with Gasteiger partial charge in [-0.2, -0.15) is 0 Å². The monoisotopic (exact) mass is 400 g/mol. The molecule has 0 radical (unpaired) electrons. The van der Waals surface area contributed by atoms with E-state index in [4.69, 9.17) is 9.47 Å². The van der Waals surface area contributed by atoms with Crippen molar-refractivity contribution in [3.05, 3.63) is 65.2 Å². The Morgan fingerprint density at radius 2 is 1.69 bits per heavy atom. The Morgan fingerprint density at radius 3 is 2.31 bits per heavy atom. The van der Waals surface area contributed by atoms with Crippen molar-refractivity contribution in [1.29, 1.82) is 0 Å². The lowest BCUT2D eigenvalue weighted by atomic mass is 9.85. The van der Waals surface area contributed by atoms with E-state index in [2.05, 4.69) is 18.2 Å². The van der Waals surface area contributed by atoms with Crippen LogP contribution in [-0.4, -0.2) is 58.1 Å². The average Bonchev–Trinajstić information content (AvgIpc) is 3.55. The minimum absolute atomic E-state index is 0.0745. The molecule has 1 aliphatic carbocycles. The minimum Gasteiger partial charge on any atom is -0.494 e. The number of ether oxygens (including phenoxy) is 2. The van der Waals surface area contributed by atoms with Gasteiger partial charge in [0.2, 0.25) is 0 Å². The number of rotatable bonds is 6. The van der Waals surface area contributed by atoms with Gasteiger partial charge in [0.1, 0.15) is 36.3 Å². The number of aliphatic hydroxyl groups excluding tert-OH is 4. The summed E-state index contributed by atoms with van der Waals surface area (Å²) >= 11 is 0. The topological polar surface area (TPSA) is 99.4 Å². The van der Waals surface area contributed by atoms with Gasteiger partial charge in [-0.3, -0.25) is 0 Å². The molecule has 156 valence electrons. The number of hydrogen-bond acceptors (Lipinski definition) is 6. The third-order valence-electron chi connectivity index (χ3n) is 6.13. The first-order chi connectivity index (χ1) is 14.0. The van der Waals surface area contributed by atoms with Crippen LogP contribution in [0.4, 0.5) is 0 Å². The first-order valence-corrected chi connectivity index (χ1v) is 10.1. The minimum atomic E-state index is -1.38. The second-order valence-electron chi connectivity index (χ2n) is 7.91.